The predicted molar refractivity (Wildman–Crippen MR) is 74.6 cm³/mol. The van der Waals surface area contributed by atoms with E-state index in [0.717, 1.165) is 5.92 Å². The van der Waals surface area contributed by atoms with Crippen LogP contribution in [0.25, 0.3) is 0 Å². The molecule has 1 saturated carbocycles. The molecule has 106 valence electrons. The summed E-state index contributed by atoms with van der Waals surface area (Å²) >= 11 is 0. The molecule has 1 rings (SSSR count). The minimum atomic E-state index is -0.656. The van der Waals surface area contributed by atoms with Crippen LogP contribution in [0.3, 0.4) is 0 Å². The quantitative estimate of drug-likeness (QED) is 0.765. The first-order valence-electron chi connectivity index (χ1n) is 7.42. The van der Waals surface area contributed by atoms with Gasteiger partial charge in [-0.25, -0.2) is 0 Å². The molecule has 0 heterocycles. The minimum Gasteiger partial charge on any atom is -0.481 e. The van der Waals surface area contributed by atoms with Gasteiger partial charge in [0.1, 0.15) is 0 Å². The SMILES string of the molecule is CCC(CC)(CNC1CCC(C)CC1C)C(=O)O. The molecule has 1 aliphatic carbocycles. The lowest BCUT2D eigenvalue weighted by Crippen LogP contribution is -2.47. The Kier molecular flexibility index (Phi) is 5.64. The molecule has 0 radical (unpaired) electrons. The number of aliphatic carboxylic acids is 1. The third-order valence-corrected chi connectivity index (χ3v) is 4.94. The lowest BCUT2D eigenvalue weighted by Gasteiger charge is -2.36. The number of carboxylic acids is 1. The minimum absolute atomic E-state index is 0.498. The molecule has 0 aromatic carbocycles. The maximum Gasteiger partial charge on any atom is 0.310 e. The molecule has 18 heavy (non-hydrogen) atoms. The van der Waals surface area contributed by atoms with Crippen molar-refractivity contribution >= 4 is 5.97 Å². The Morgan fingerprint density at radius 1 is 1.28 bits per heavy atom. The summed E-state index contributed by atoms with van der Waals surface area (Å²) in [6.07, 6.45) is 5.11. The Morgan fingerprint density at radius 2 is 1.89 bits per heavy atom. The standard InChI is InChI=1S/C15H29NO2/c1-5-15(6-2,14(17)18)10-16-13-8-7-11(3)9-12(13)4/h11-13,16H,5-10H2,1-4H3,(H,17,18). The first-order valence-corrected chi connectivity index (χ1v) is 7.42. The maximum atomic E-state index is 11.4. The zero-order valence-corrected chi connectivity index (χ0v) is 12.3. The van der Waals surface area contributed by atoms with E-state index >= 15 is 0 Å². The van der Waals surface area contributed by atoms with Crippen molar-refractivity contribution in [2.45, 2.75) is 65.8 Å². The average molecular weight is 255 g/mol. The van der Waals surface area contributed by atoms with Gasteiger partial charge in [0.2, 0.25) is 0 Å². The highest BCUT2D eigenvalue weighted by molar-refractivity contribution is 5.74. The van der Waals surface area contributed by atoms with Crippen molar-refractivity contribution in [3.05, 3.63) is 0 Å². The van der Waals surface area contributed by atoms with E-state index in [-0.39, 0.29) is 0 Å². The molecule has 0 aromatic rings. The number of hydrogen-bond donors (Lipinski definition) is 2. The number of rotatable bonds is 6. The van der Waals surface area contributed by atoms with Gasteiger partial charge in [0.25, 0.3) is 0 Å². The normalized spacial score (nSPS) is 29.2. The number of hydrogen-bond acceptors (Lipinski definition) is 2. The molecule has 1 fully saturated rings. The van der Waals surface area contributed by atoms with Gasteiger partial charge < -0.3 is 10.4 Å². The summed E-state index contributed by atoms with van der Waals surface area (Å²) in [7, 11) is 0. The van der Waals surface area contributed by atoms with Gasteiger partial charge in [0, 0.05) is 12.6 Å². The molecule has 0 amide bonds. The van der Waals surface area contributed by atoms with Crippen molar-refractivity contribution in [2.24, 2.45) is 17.3 Å². The summed E-state index contributed by atoms with van der Waals surface area (Å²) in [6.45, 7) is 9.16. The summed E-state index contributed by atoms with van der Waals surface area (Å²) in [5, 5.41) is 13.0. The molecule has 1 aliphatic rings. The molecule has 0 aliphatic heterocycles. The van der Waals surface area contributed by atoms with E-state index in [1.165, 1.54) is 19.3 Å². The van der Waals surface area contributed by atoms with Crippen LogP contribution < -0.4 is 5.32 Å². The Hall–Kier alpha value is -0.570. The van der Waals surface area contributed by atoms with E-state index in [1.807, 2.05) is 13.8 Å². The summed E-state index contributed by atoms with van der Waals surface area (Å²) in [5.41, 5.74) is -0.581. The predicted octanol–water partition coefficient (Wildman–Crippen LogP) is 3.29. The van der Waals surface area contributed by atoms with E-state index in [9.17, 15) is 9.90 Å². The third kappa shape index (κ3) is 3.47. The molecule has 3 unspecified atom stereocenters. The zero-order valence-electron chi connectivity index (χ0n) is 12.3. The van der Waals surface area contributed by atoms with E-state index in [4.69, 9.17) is 0 Å². The van der Waals surface area contributed by atoms with E-state index in [1.54, 1.807) is 0 Å². The van der Waals surface area contributed by atoms with Gasteiger partial charge in [-0.15, -0.1) is 0 Å². The van der Waals surface area contributed by atoms with Crippen LogP contribution in [0, 0.1) is 17.3 Å². The van der Waals surface area contributed by atoms with Crippen LogP contribution >= 0.6 is 0 Å². The fraction of sp³-hybridized carbons (Fsp3) is 0.933. The molecule has 3 atom stereocenters. The van der Waals surface area contributed by atoms with E-state index in [2.05, 4.69) is 19.2 Å². The van der Waals surface area contributed by atoms with Gasteiger partial charge in [-0.05, 0) is 43.9 Å². The Labute approximate surface area is 111 Å². The number of carbonyl (C=O) groups is 1. The smallest absolute Gasteiger partial charge is 0.310 e. The molecular formula is C15H29NO2. The Bertz CT molecular complexity index is 274. The van der Waals surface area contributed by atoms with Crippen molar-refractivity contribution in [2.75, 3.05) is 6.54 Å². The van der Waals surface area contributed by atoms with Gasteiger partial charge in [-0.3, -0.25) is 4.79 Å². The highest BCUT2D eigenvalue weighted by Crippen LogP contribution is 2.31. The van der Waals surface area contributed by atoms with Crippen LogP contribution in [0.4, 0.5) is 0 Å². The molecule has 0 saturated heterocycles. The van der Waals surface area contributed by atoms with Crippen LogP contribution in [0.2, 0.25) is 0 Å². The molecule has 2 N–H and O–H groups in total. The third-order valence-electron chi connectivity index (χ3n) is 4.94. The van der Waals surface area contributed by atoms with E-state index < -0.39 is 11.4 Å². The monoisotopic (exact) mass is 255 g/mol. The fourth-order valence-corrected chi connectivity index (χ4v) is 3.17. The molecule has 3 heteroatoms. The van der Waals surface area contributed by atoms with Crippen molar-refractivity contribution in [3.63, 3.8) is 0 Å². The lowest BCUT2D eigenvalue weighted by atomic mass is 9.78. The van der Waals surface area contributed by atoms with Crippen molar-refractivity contribution in [1.29, 1.82) is 0 Å². The van der Waals surface area contributed by atoms with Gasteiger partial charge in [-0.2, -0.15) is 0 Å². The topological polar surface area (TPSA) is 49.3 Å². The molecule has 0 bridgehead atoms. The van der Waals surface area contributed by atoms with Crippen LogP contribution in [0.1, 0.15) is 59.8 Å². The highest BCUT2D eigenvalue weighted by Gasteiger charge is 2.36. The first-order chi connectivity index (χ1) is 8.45. The molecule has 0 spiro atoms. The van der Waals surface area contributed by atoms with Crippen LogP contribution in [0.15, 0.2) is 0 Å². The molecular weight excluding hydrogens is 226 g/mol. The van der Waals surface area contributed by atoms with Crippen molar-refractivity contribution in [1.82, 2.24) is 5.32 Å². The van der Waals surface area contributed by atoms with Crippen LogP contribution in [-0.4, -0.2) is 23.7 Å². The Morgan fingerprint density at radius 3 is 2.33 bits per heavy atom. The fourth-order valence-electron chi connectivity index (χ4n) is 3.17. The zero-order chi connectivity index (χ0) is 13.8. The van der Waals surface area contributed by atoms with Crippen LogP contribution in [-0.2, 0) is 4.79 Å². The first kappa shape index (κ1) is 15.5. The number of nitrogens with one attached hydrogen (secondary N) is 1. The number of carboxylic acid groups (broad SMARTS) is 1. The lowest BCUT2D eigenvalue weighted by molar-refractivity contribution is -0.149. The largest absolute Gasteiger partial charge is 0.481 e. The Balaban J connectivity index is 2.55. The highest BCUT2D eigenvalue weighted by atomic mass is 16.4. The molecule has 0 aromatic heterocycles. The van der Waals surface area contributed by atoms with E-state index in [0.29, 0.717) is 31.3 Å². The van der Waals surface area contributed by atoms with Gasteiger partial charge >= 0.3 is 5.97 Å². The average Bonchev–Trinajstić information content (AvgIpc) is 2.32. The maximum absolute atomic E-state index is 11.4. The van der Waals surface area contributed by atoms with Gasteiger partial charge in [0.05, 0.1) is 5.41 Å². The van der Waals surface area contributed by atoms with Crippen molar-refractivity contribution in [3.8, 4) is 0 Å². The van der Waals surface area contributed by atoms with Gasteiger partial charge in [0.15, 0.2) is 0 Å². The van der Waals surface area contributed by atoms with Gasteiger partial charge in [-0.1, -0.05) is 27.7 Å². The molecule has 3 nitrogen and oxygen atoms in total. The summed E-state index contributed by atoms with van der Waals surface area (Å²) in [4.78, 5) is 11.4. The summed E-state index contributed by atoms with van der Waals surface area (Å²) in [6, 6.07) is 0.498. The second kappa shape index (κ2) is 6.55. The summed E-state index contributed by atoms with van der Waals surface area (Å²) in [5.74, 6) is 0.824. The second-order valence-electron chi connectivity index (χ2n) is 6.18. The van der Waals surface area contributed by atoms with Crippen LogP contribution in [0.5, 0.6) is 0 Å². The second-order valence-corrected chi connectivity index (χ2v) is 6.18. The summed E-state index contributed by atoms with van der Waals surface area (Å²) < 4.78 is 0. The van der Waals surface area contributed by atoms with Crippen molar-refractivity contribution < 1.29 is 9.90 Å².